The van der Waals surface area contributed by atoms with Crippen molar-refractivity contribution < 1.29 is 9.50 Å². The fourth-order valence-electron chi connectivity index (χ4n) is 1.55. The van der Waals surface area contributed by atoms with Gasteiger partial charge in [0.1, 0.15) is 12.4 Å². The van der Waals surface area contributed by atoms with Crippen LogP contribution in [0.2, 0.25) is 0 Å². The Bertz CT molecular complexity index is 553. The Morgan fingerprint density at radius 2 is 2.24 bits per heavy atom. The number of aromatic nitrogens is 2. The van der Waals surface area contributed by atoms with Gasteiger partial charge in [-0.2, -0.15) is 0 Å². The molecule has 1 aromatic carbocycles. The lowest BCUT2D eigenvalue weighted by Gasteiger charge is -2.03. The molecular weight excluding hydrogens is 219 g/mol. The summed E-state index contributed by atoms with van der Waals surface area (Å²) >= 11 is 0. The first kappa shape index (κ1) is 11.4. The van der Waals surface area contributed by atoms with Crippen molar-refractivity contribution in [2.75, 3.05) is 6.61 Å². The van der Waals surface area contributed by atoms with E-state index in [9.17, 15) is 4.39 Å². The van der Waals surface area contributed by atoms with Crippen LogP contribution in [0, 0.1) is 17.7 Å². The Morgan fingerprint density at radius 1 is 1.35 bits per heavy atom. The largest absolute Gasteiger partial charge is 0.384 e. The highest BCUT2D eigenvalue weighted by Gasteiger charge is 2.00. The minimum atomic E-state index is -0.329. The molecule has 1 N–H and O–H groups in total. The Hall–Kier alpha value is -2.12. The molecule has 0 atom stereocenters. The smallest absolute Gasteiger partial charge is 0.124 e. The highest BCUT2D eigenvalue weighted by atomic mass is 19.1. The molecule has 0 radical (unpaired) electrons. The second kappa shape index (κ2) is 5.28. The zero-order chi connectivity index (χ0) is 12.1. The SMILES string of the molecule is OCC#Cc1cc(F)cc(Cn2ccnc2)c1. The Labute approximate surface area is 98.5 Å². The van der Waals surface area contributed by atoms with E-state index in [2.05, 4.69) is 16.8 Å². The molecule has 0 aliphatic carbocycles. The quantitative estimate of drug-likeness (QED) is 0.792. The number of halogens is 1. The fraction of sp³-hybridized carbons (Fsp3) is 0.154. The Kier molecular flexibility index (Phi) is 3.53. The molecule has 0 unspecified atom stereocenters. The number of imidazole rings is 1. The molecule has 1 heterocycles. The van der Waals surface area contributed by atoms with Gasteiger partial charge in [-0.05, 0) is 23.8 Å². The maximum absolute atomic E-state index is 13.3. The van der Waals surface area contributed by atoms with E-state index in [1.165, 1.54) is 12.1 Å². The first-order chi connectivity index (χ1) is 8.28. The number of rotatable bonds is 2. The topological polar surface area (TPSA) is 38.0 Å². The average molecular weight is 230 g/mol. The molecule has 1 aromatic heterocycles. The van der Waals surface area contributed by atoms with Crippen molar-refractivity contribution in [3.8, 4) is 11.8 Å². The molecule has 3 nitrogen and oxygen atoms in total. The Morgan fingerprint density at radius 3 is 2.94 bits per heavy atom. The molecule has 17 heavy (non-hydrogen) atoms. The number of aliphatic hydroxyl groups is 1. The molecule has 86 valence electrons. The van der Waals surface area contributed by atoms with E-state index in [-0.39, 0.29) is 12.4 Å². The van der Waals surface area contributed by atoms with Crippen LogP contribution in [0.4, 0.5) is 4.39 Å². The number of benzene rings is 1. The average Bonchev–Trinajstić information content (AvgIpc) is 2.78. The molecule has 0 saturated carbocycles. The van der Waals surface area contributed by atoms with Gasteiger partial charge in [0.05, 0.1) is 6.33 Å². The molecule has 0 aliphatic rings. The predicted molar refractivity (Wildman–Crippen MR) is 61.7 cm³/mol. The van der Waals surface area contributed by atoms with E-state index in [1.54, 1.807) is 18.6 Å². The summed E-state index contributed by atoms with van der Waals surface area (Å²) in [5, 5.41) is 8.59. The van der Waals surface area contributed by atoms with Gasteiger partial charge in [0, 0.05) is 24.5 Å². The van der Waals surface area contributed by atoms with Crippen LogP contribution in [-0.2, 0) is 6.54 Å². The van der Waals surface area contributed by atoms with E-state index in [4.69, 9.17) is 5.11 Å². The molecule has 0 fully saturated rings. The first-order valence-electron chi connectivity index (χ1n) is 5.13. The van der Waals surface area contributed by atoms with Gasteiger partial charge in [0.2, 0.25) is 0 Å². The summed E-state index contributed by atoms with van der Waals surface area (Å²) in [7, 11) is 0. The number of nitrogens with zero attached hydrogens (tertiary/aromatic N) is 2. The van der Waals surface area contributed by atoms with Crippen LogP contribution in [-0.4, -0.2) is 21.3 Å². The molecule has 0 bridgehead atoms. The maximum atomic E-state index is 13.3. The lowest BCUT2D eigenvalue weighted by molar-refractivity contribution is 0.350. The molecule has 2 rings (SSSR count). The van der Waals surface area contributed by atoms with Crippen LogP contribution in [0.5, 0.6) is 0 Å². The lowest BCUT2D eigenvalue weighted by atomic mass is 10.1. The van der Waals surface area contributed by atoms with Gasteiger partial charge in [-0.1, -0.05) is 11.8 Å². The summed E-state index contributed by atoms with van der Waals surface area (Å²) in [6.07, 6.45) is 5.15. The molecule has 0 amide bonds. The van der Waals surface area contributed by atoms with Gasteiger partial charge in [0.15, 0.2) is 0 Å². The zero-order valence-corrected chi connectivity index (χ0v) is 9.10. The van der Waals surface area contributed by atoms with Gasteiger partial charge < -0.3 is 9.67 Å². The predicted octanol–water partition coefficient (Wildman–Crippen LogP) is 1.41. The van der Waals surface area contributed by atoms with Gasteiger partial charge >= 0.3 is 0 Å². The van der Waals surface area contributed by atoms with Gasteiger partial charge in [-0.15, -0.1) is 0 Å². The van der Waals surface area contributed by atoms with Crippen molar-refractivity contribution >= 4 is 0 Å². The van der Waals surface area contributed by atoms with E-state index in [0.29, 0.717) is 12.1 Å². The highest BCUT2D eigenvalue weighted by molar-refractivity contribution is 5.37. The standard InChI is InChI=1S/C13H11FN2O/c14-13-7-11(2-1-5-17)6-12(8-13)9-16-4-3-15-10-16/h3-4,6-8,10,17H,5,9H2. The van der Waals surface area contributed by atoms with Crippen LogP contribution >= 0.6 is 0 Å². The summed E-state index contributed by atoms with van der Waals surface area (Å²) in [6.45, 7) is 0.318. The summed E-state index contributed by atoms with van der Waals surface area (Å²) in [4.78, 5) is 3.92. The summed E-state index contributed by atoms with van der Waals surface area (Å²) in [5.41, 5.74) is 1.37. The van der Waals surface area contributed by atoms with Crippen molar-refractivity contribution in [2.45, 2.75) is 6.54 Å². The van der Waals surface area contributed by atoms with Crippen molar-refractivity contribution in [1.82, 2.24) is 9.55 Å². The second-order valence-corrected chi connectivity index (χ2v) is 3.54. The molecular formula is C13H11FN2O. The fourth-order valence-corrected chi connectivity index (χ4v) is 1.55. The van der Waals surface area contributed by atoms with E-state index in [0.717, 1.165) is 5.56 Å². The zero-order valence-electron chi connectivity index (χ0n) is 9.10. The van der Waals surface area contributed by atoms with Crippen molar-refractivity contribution in [2.24, 2.45) is 0 Å². The normalized spacial score (nSPS) is 9.76. The van der Waals surface area contributed by atoms with Crippen LogP contribution in [0.15, 0.2) is 36.9 Å². The van der Waals surface area contributed by atoms with Gasteiger partial charge in [-0.25, -0.2) is 9.37 Å². The Balaban J connectivity index is 2.25. The summed E-state index contributed by atoms with van der Waals surface area (Å²) < 4.78 is 15.2. The maximum Gasteiger partial charge on any atom is 0.124 e. The molecule has 0 spiro atoms. The van der Waals surface area contributed by atoms with Crippen LogP contribution in [0.25, 0.3) is 0 Å². The van der Waals surface area contributed by atoms with Gasteiger partial charge in [-0.3, -0.25) is 0 Å². The van der Waals surface area contributed by atoms with Crippen molar-refractivity contribution in [3.05, 3.63) is 53.9 Å². The second-order valence-electron chi connectivity index (χ2n) is 3.54. The highest BCUT2D eigenvalue weighted by Crippen LogP contribution is 2.10. The third-order valence-corrected chi connectivity index (χ3v) is 2.19. The third kappa shape index (κ3) is 3.16. The molecule has 4 heteroatoms. The van der Waals surface area contributed by atoms with Crippen LogP contribution in [0.3, 0.4) is 0 Å². The van der Waals surface area contributed by atoms with E-state index < -0.39 is 0 Å². The first-order valence-corrected chi connectivity index (χ1v) is 5.13. The molecule has 2 aromatic rings. The van der Waals surface area contributed by atoms with E-state index in [1.807, 2.05) is 10.8 Å². The monoisotopic (exact) mass is 230 g/mol. The van der Waals surface area contributed by atoms with Crippen molar-refractivity contribution in [3.63, 3.8) is 0 Å². The number of hydrogen-bond acceptors (Lipinski definition) is 2. The van der Waals surface area contributed by atoms with Crippen LogP contribution < -0.4 is 0 Å². The van der Waals surface area contributed by atoms with E-state index >= 15 is 0 Å². The third-order valence-electron chi connectivity index (χ3n) is 2.19. The van der Waals surface area contributed by atoms with Crippen LogP contribution in [0.1, 0.15) is 11.1 Å². The number of aliphatic hydroxyl groups excluding tert-OH is 1. The lowest BCUT2D eigenvalue weighted by Crippen LogP contribution is -1.97. The molecule has 0 saturated heterocycles. The number of hydrogen-bond donors (Lipinski definition) is 1. The molecule has 0 aliphatic heterocycles. The summed E-state index contributed by atoms with van der Waals surface area (Å²) in [5.74, 6) is 4.86. The summed E-state index contributed by atoms with van der Waals surface area (Å²) in [6, 6.07) is 4.61. The minimum absolute atomic E-state index is 0.229. The van der Waals surface area contributed by atoms with Gasteiger partial charge in [0.25, 0.3) is 0 Å². The van der Waals surface area contributed by atoms with Crippen molar-refractivity contribution in [1.29, 1.82) is 0 Å². The minimum Gasteiger partial charge on any atom is -0.384 e.